The maximum atomic E-state index is 12.9. The van der Waals surface area contributed by atoms with Gasteiger partial charge in [-0.05, 0) is 65.2 Å². The number of ketones is 1. The summed E-state index contributed by atoms with van der Waals surface area (Å²) in [5.41, 5.74) is 4.60. The smallest absolute Gasteiger partial charge is 0.185 e. The van der Waals surface area contributed by atoms with Crippen molar-refractivity contribution in [2.24, 2.45) is 0 Å². The van der Waals surface area contributed by atoms with E-state index >= 15 is 0 Å². The molecule has 0 radical (unpaired) electrons. The highest BCUT2D eigenvalue weighted by Gasteiger charge is 2.08. The molecule has 0 N–H and O–H groups in total. The predicted octanol–water partition coefficient (Wildman–Crippen LogP) is 8.32. The van der Waals surface area contributed by atoms with Gasteiger partial charge < -0.3 is 14.2 Å². The lowest BCUT2D eigenvalue weighted by Gasteiger charge is -2.13. The van der Waals surface area contributed by atoms with Crippen LogP contribution in [0.2, 0.25) is 0 Å². The van der Waals surface area contributed by atoms with Gasteiger partial charge in [-0.2, -0.15) is 0 Å². The lowest BCUT2D eigenvalue weighted by atomic mass is 10.1. The first kappa shape index (κ1) is 26.5. The number of allylic oxidation sites excluding steroid dienone is 1. The third-order valence-corrected chi connectivity index (χ3v) is 6.27. The minimum absolute atomic E-state index is 0.104. The summed E-state index contributed by atoms with van der Waals surface area (Å²) in [7, 11) is 0. The third kappa shape index (κ3) is 7.71. The van der Waals surface area contributed by atoms with Crippen LogP contribution >= 0.6 is 0 Å². The van der Waals surface area contributed by atoms with Crippen LogP contribution in [0, 0.1) is 0 Å². The van der Waals surface area contributed by atoms with Crippen LogP contribution in [-0.2, 0) is 19.8 Å². The maximum Gasteiger partial charge on any atom is 0.185 e. The lowest BCUT2D eigenvalue weighted by Crippen LogP contribution is -2.00. The monoisotopic (exact) mass is 526 g/mol. The number of benzene rings is 5. The average Bonchev–Trinajstić information content (AvgIpc) is 3.03. The van der Waals surface area contributed by atoms with Gasteiger partial charge in [0.15, 0.2) is 5.78 Å². The summed E-state index contributed by atoms with van der Waals surface area (Å²) in [6, 6.07) is 42.8. The predicted molar refractivity (Wildman–Crippen MR) is 159 cm³/mol. The number of rotatable bonds is 12. The van der Waals surface area contributed by atoms with Crippen molar-refractivity contribution >= 4 is 11.9 Å². The molecule has 0 amide bonds. The first-order valence-electron chi connectivity index (χ1n) is 13.2. The zero-order valence-electron chi connectivity index (χ0n) is 22.1. The van der Waals surface area contributed by atoms with Crippen LogP contribution in [-0.4, -0.2) is 5.78 Å². The van der Waals surface area contributed by atoms with Gasteiger partial charge in [0, 0.05) is 17.2 Å². The fourth-order valence-electron chi connectivity index (χ4n) is 4.06. The van der Waals surface area contributed by atoms with Crippen LogP contribution < -0.4 is 14.2 Å². The summed E-state index contributed by atoms with van der Waals surface area (Å²) in [6.07, 6.45) is 3.35. The normalized spacial score (nSPS) is 10.8. The fourth-order valence-corrected chi connectivity index (χ4v) is 4.06. The Balaban J connectivity index is 1.26. The standard InChI is InChI=1S/C36H30O4/c37-35(31-16-20-33(21-17-31)38-25-28-10-4-1-5-11-28)23-19-32-18-22-34(39-26-29-12-6-2-7-13-29)24-36(32)40-27-30-14-8-3-9-15-30/h1-24H,25-27H2/b23-19+. The first-order chi connectivity index (χ1) is 19.7. The number of carbonyl (C=O) groups excluding carboxylic acids is 1. The van der Waals surface area contributed by atoms with Gasteiger partial charge in [-0.3, -0.25) is 4.79 Å². The van der Waals surface area contributed by atoms with Crippen molar-refractivity contribution in [3.8, 4) is 17.2 Å². The molecule has 4 heteroatoms. The van der Waals surface area contributed by atoms with E-state index in [1.54, 1.807) is 24.3 Å². The van der Waals surface area contributed by atoms with Gasteiger partial charge in [0.05, 0.1) is 0 Å². The van der Waals surface area contributed by atoms with Crippen LogP contribution in [0.15, 0.2) is 140 Å². The van der Waals surface area contributed by atoms with E-state index in [4.69, 9.17) is 14.2 Å². The Bertz CT molecular complexity index is 1530. The SMILES string of the molecule is O=C(/C=C/c1ccc(OCc2ccccc2)cc1OCc1ccccc1)c1ccc(OCc2ccccc2)cc1. The van der Waals surface area contributed by atoms with Crippen LogP contribution in [0.5, 0.6) is 17.2 Å². The molecule has 0 aliphatic carbocycles. The highest BCUT2D eigenvalue weighted by Crippen LogP contribution is 2.28. The van der Waals surface area contributed by atoms with E-state index in [0.717, 1.165) is 22.3 Å². The average molecular weight is 527 g/mol. The Morgan fingerprint density at radius 3 is 1.55 bits per heavy atom. The molecule has 5 aromatic carbocycles. The second-order valence-electron chi connectivity index (χ2n) is 9.24. The van der Waals surface area contributed by atoms with Gasteiger partial charge in [-0.25, -0.2) is 0 Å². The molecule has 5 aromatic rings. The van der Waals surface area contributed by atoms with E-state index < -0.39 is 0 Å². The molecule has 5 rings (SSSR count). The van der Waals surface area contributed by atoms with E-state index in [0.29, 0.717) is 42.6 Å². The van der Waals surface area contributed by atoms with Gasteiger partial charge in [0.25, 0.3) is 0 Å². The van der Waals surface area contributed by atoms with E-state index in [2.05, 4.69) is 0 Å². The number of carbonyl (C=O) groups is 1. The Labute approximate surface area is 235 Å². The molecule has 198 valence electrons. The molecule has 0 aliphatic heterocycles. The Morgan fingerprint density at radius 1 is 0.525 bits per heavy atom. The summed E-state index contributed by atoms with van der Waals surface area (Å²) in [6.45, 7) is 1.34. The largest absolute Gasteiger partial charge is 0.489 e. The molecule has 40 heavy (non-hydrogen) atoms. The van der Waals surface area contributed by atoms with Gasteiger partial charge in [0.1, 0.15) is 37.1 Å². The van der Waals surface area contributed by atoms with Crippen molar-refractivity contribution < 1.29 is 19.0 Å². The zero-order valence-corrected chi connectivity index (χ0v) is 22.1. The van der Waals surface area contributed by atoms with E-state index in [-0.39, 0.29) is 5.78 Å². The summed E-state index contributed by atoms with van der Waals surface area (Å²) < 4.78 is 18.0. The summed E-state index contributed by atoms with van der Waals surface area (Å²) in [4.78, 5) is 12.9. The Morgan fingerprint density at radius 2 is 1.00 bits per heavy atom. The molecule has 0 aromatic heterocycles. The molecule has 0 saturated heterocycles. The van der Waals surface area contributed by atoms with Gasteiger partial charge in [-0.15, -0.1) is 0 Å². The molecule has 0 saturated carbocycles. The highest BCUT2D eigenvalue weighted by atomic mass is 16.5. The van der Waals surface area contributed by atoms with Crippen molar-refractivity contribution in [2.75, 3.05) is 0 Å². The second-order valence-corrected chi connectivity index (χ2v) is 9.24. The summed E-state index contributed by atoms with van der Waals surface area (Å²) in [5.74, 6) is 1.95. The van der Waals surface area contributed by atoms with Crippen molar-refractivity contribution in [3.05, 3.63) is 167 Å². The molecule has 4 nitrogen and oxygen atoms in total. The van der Waals surface area contributed by atoms with Crippen LogP contribution in [0.4, 0.5) is 0 Å². The topological polar surface area (TPSA) is 44.8 Å². The minimum atomic E-state index is -0.104. The maximum absolute atomic E-state index is 12.9. The third-order valence-electron chi connectivity index (χ3n) is 6.27. The number of hydrogen-bond acceptors (Lipinski definition) is 4. The molecular formula is C36H30O4. The van der Waals surface area contributed by atoms with Crippen molar-refractivity contribution in [1.82, 2.24) is 0 Å². The molecule has 0 spiro atoms. The molecule has 0 heterocycles. The van der Waals surface area contributed by atoms with E-state index in [1.807, 2.05) is 121 Å². The Hall–Kier alpha value is -5.09. The van der Waals surface area contributed by atoms with E-state index in [1.165, 1.54) is 0 Å². The van der Waals surface area contributed by atoms with E-state index in [9.17, 15) is 4.79 Å². The van der Waals surface area contributed by atoms with Crippen LogP contribution in [0.1, 0.15) is 32.6 Å². The van der Waals surface area contributed by atoms with Crippen LogP contribution in [0.25, 0.3) is 6.08 Å². The molecule has 0 unspecified atom stereocenters. The van der Waals surface area contributed by atoms with Crippen LogP contribution in [0.3, 0.4) is 0 Å². The highest BCUT2D eigenvalue weighted by molar-refractivity contribution is 6.07. The first-order valence-corrected chi connectivity index (χ1v) is 13.2. The number of hydrogen-bond donors (Lipinski definition) is 0. The van der Waals surface area contributed by atoms with Crippen molar-refractivity contribution in [2.45, 2.75) is 19.8 Å². The molecule has 0 bridgehead atoms. The van der Waals surface area contributed by atoms with Gasteiger partial charge >= 0.3 is 0 Å². The molecule has 0 atom stereocenters. The lowest BCUT2D eigenvalue weighted by molar-refractivity contribution is 0.104. The second kappa shape index (κ2) is 13.6. The zero-order chi connectivity index (χ0) is 27.4. The Kier molecular flexibility index (Phi) is 9.03. The summed E-state index contributed by atoms with van der Waals surface area (Å²) in [5, 5.41) is 0. The number of ether oxygens (including phenoxy) is 3. The van der Waals surface area contributed by atoms with Gasteiger partial charge in [0.2, 0.25) is 0 Å². The van der Waals surface area contributed by atoms with Crippen molar-refractivity contribution in [1.29, 1.82) is 0 Å². The minimum Gasteiger partial charge on any atom is -0.489 e. The molecule has 0 fully saturated rings. The molecular weight excluding hydrogens is 496 g/mol. The molecule has 0 aliphatic rings. The quantitative estimate of drug-likeness (QED) is 0.121. The van der Waals surface area contributed by atoms with Gasteiger partial charge in [-0.1, -0.05) is 91.0 Å². The van der Waals surface area contributed by atoms with Crippen molar-refractivity contribution in [3.63, 3.8) is 0 Å². The fraction of sp³-hybridized carbons (Fsp3) is 0.0833. The summed E-state index contributed by atoms with van der Waals surface area (Å²) >= 11 is 0.